The monoisotopic (exact) mass is 432 g/mol. The lowest BCUT2D eigenvalue weighted by Crippen LogP contribution is -2.34. The van der Waals surface area contributed by atoms with Gasteiger partial charge in [0.25, 0.3) is 5.91 Å². The van der Waals surface area contributed by atoms with Crippen LogP contribution in [0.3, 0.4) is 0 Å². The molecule has 2 N–H and O–H groups in total. The number of hydrogen-bond donors (Lipinski definition) is 2. The van der Waals surface area contributed by atoms with Crippen molar-refractivity contribution in [3.8, 4) is 0 Å². The van der Waals surface area contributed by atoms with Gasteiger partial charge < -0.3 is 4.57 Å². The highest BCUT2D eigenvalue weighted by Gasteiger charge is 2.24. The van der Waals surface area contributed by atoms with E-state index in [1.54, 1.807) is 11.6 Å². The lowest BCUT2D eigenvalue weighted by molar-refractivity contribution is -0.124. The second-order valence-corrected chi connectivity index (χ2v) is 8.55. The molecule has 0 saturated carbocycles. The minimum atomic E-state index is -0.540. The summed E-state index contributed by atoms with van der Waals surface area (Å²) < 4.78 is 2.47. The van der Waals surface area contributed by atoms with Crippen LogP contribution in [0.5, 0.6) is 0 Å². The molecule has 1 aliphatic rings. The molecule has 3 aromatic rings. The van der Waals surface area contributed by atoms with E-state index in [-0.39, 0.29) is 0 Å². The Kier molecular flexibility index (Phi) is 7.35. The van der Waals surface area contributed by atoms with Crippen molar-refractivity contribution < 1.29 is 10.0 Å². The lowest BCUT2D eigenvalue weighted by Gasteiger charge is -2.33. The summed E-state index contributed by atoms with van der Waals surface area (Å²) in [5.74, 6) is 0.624. The molecule has 0 atom stereocenters. The number of aryl methyl sites for hydroxylation is 1. The number of amides is 1. The molecule has 1 fully saturated rings. The van der Waals surface area contributed by atoms with Crippen LogP contribution in [0.25, 0.3) is 17.1 Å². The van der Waals surface area contributed by atoms with E-state index in [9.17, 15) is 4.79 Å². The number of carbonyl (C=O) groups excluding carboxylic acids is 1. The first-order chi connectivity index (χ1) is 15.7. The molecule has 1 aromatic heterocycles. The number of unbranched alkanes of at least 4 members (excludes halogenated alkanes) is 1. The number of likely N-dealkylation sites (tertiary alicyclic amines) is 1. The molecule has 1 amide bonds. The van der Waals surface area contributed by atoms with Gasteiger partial charge in [0.2, 0.25) is 0 Å². The quantitative estimate of drug-likeness (QED) is 0.307. The van der Waals surface area contributed by atoms with Crippen LogP contribution >= 0.6 is 0 Å². The summed E-state index contributed by atoms with van der Waals surface area (Å²) >= 11 is 0. The lowest BCUT2D eigenvalue weighted by atomic mass is 10.0. The highest BCUT2D eigenvalue weighted by Crippen LogP contribution is 2.30. The number of hydroxylamine groups is 1. The Morgan fingerprint density at radius 2 is 1.97 bits per heavy atom. The van der Waals surface area contributed by atoms with Gasteiger partial charge >= 0.3 is 0 Å². The first-order valence-electron chi connectivity index (χ1n) is 11.6. The van der Waals surface area contributed by atoms with Gasteiger partial charge in [-0.25, -0.2) is 10.5 Å². The Morgan fingerprint density at radius 1 is 1.19 bits per heavy atom. The fourth-order valence-corrected chi connectivity index (χ4v) is 4.57. The zero-order valence-corrected chi connectivity index (χ0v) is 18.7. The van der Waals surface area contributed by atoms with E-state index in [0.29, 0.717) is 6.04 Å². The van der Waals surface area contributed by atoms with Gasteiger partial charge in [0.15, 0.2) is 0 Å². The SMILES string of the molecule is CCCCc1nc2cc(/C=C/C(=O)NO)ccc2n1C1CCN(Cc2ccccc2)CC1. The summed E-state index contributed by atoms with van der Waals surface area (Å²) in [5, 5.41) is 8.68. The Bertz CT molecular complexity index is 1070. The number of fused-ring (bicyclic) bond motifs is 1. The van der Waals surface area contributed by atoms with Crippen LogP contribution < -0.4 is 5.48 Å². The number of benzene rings is 2. The van der Waals surface area contributed by atoms with E-state index in [1.165, 1.54) is 17.2 Å². The molecule has 0 spiro atoms. The topological polar surface area (TPSA) is 70.4 Å². The number of rotatable bonds is 8. The molecule has 6 nitrogen and oxygen atoms in total. The molecule has 6 heteroatoms. The highest BCUT2D eigenvalue weighted by atomic mass is 16.5. The van der Waals surface area contributed by atoms with Gasteiger partial charge in [0.1, 0.15) is 5.82 Å². The smallest absolute Gasteiger partial charge is 0.267 e. The van der Waals surface area contributed by atoms with E-state index >= 15 is 0 Å². The third-order valence-electron chi connectivity index (χ3n) is 6.25. The van der Waals surface area contributed by atoms with Crippen molar-refractivity contribution in [3.63, 3.8) is 0 Å². The third kappa shape index (κ3) is 5.26. The largest absolute Gasteiger partial charge is 0.325 e. The molecule has 168 valence electrons. The molecule has 0 bridgehead atoms. The van der Waals surface area contributed by atoms with Crippen molar-refractivity contribution in [1.82, 2.24) is 19.9 Å². The normalized spacial score (nSPS) is 15.6. The Labute approximate surface area is 189 Å². The number of nitrogens with zero attached hydrogens (tertiary/aromatic N) is 3. The van der Waals surface area contributed by atoms with Gasteiger partial charge in [-0.2, -0.15) is 0 Å². The first kappa shape index (κ1) is 22.2. The van der Waals surface area contributed by atoms with Gasteiger partial charge in [-0.3, -0.25) is 14.9 Å². The van der Waals surface area contributed by atoms with Crippen LogP contribution in [-0.2, 0) is 17.8 Å². The molecule has 1 saturated heterocycles. The fourth-order valence-electron chi connectivity index (χ4n) is 4.57. The van der Waals surface area contributed by atoms with Crippen molar-refractivity contribution in [1.29, 1.82) is 0 Å². The molecule has 0 aliphatic carbocycles. The summed E-state index contributed by atoms with van der Waals surface area (Å²) in [7, 11) is 0. The number of imidazole rings is 1. The minimum absolute atomic E-state index is 0.459. The number of piperidine rings is 1. The predicted octanol–water partition coefficient (Wildman–Crippen LogP) is 4.73. The molecular weight excluding hydrogens is 400 g/mol. The molecule has 4 rings (SSSR count). The number of aromatic nitrogens is 2. The zero-order valence-electron chi connectivity index (χ0n) is 18.7. The molecule has 1 aliphatic heterocycles. The molecule has 32 heavy (non-hydrogen) atoms. The number of carbonyl (C=O) groups is 1. The van der Waals surface area contributed by atoms with Crippen LogP contribution in [0, 0.1) is 0 Å². The van der Waals surface area contributed by atoms with Crippen molar-refractivity contribution in [2.45, 2.75) is 51.6 Å². The maximum absolute atomic E-state index is 11.3. The summed E-state index contributed by atoms with van der Waals surface area (Å²) in [5.41, 5.74) is 6.02. The molecule has 0 unspecified atom stereocenters. The van der Waals surface area contributed by atoms with Gasteiger partial charge in [-0.05, 0) is 48.6 Å². The van der Waals surface area contributed by atoms with Gasteiger partial charge in [-0.1, -0.05) is 49.7 Å². The average Bonchev–Trinajstić information content (AvgIpc) is 3.19. The summed E-state index contributed by atoms with van der Waals surface area (Å²) in [6, 6.07) is 17.3. The van der Waals surface area contributed by atoms with E-state index < -0.39 is 5.91 Å². The van der Waals surface area contributed by atoms with E-state index in [4.69, 9.17) is 10.2 Å². The zero-order chi connectivity index (χ0) is 22.3. The minimum Gasteiger partial charge on any atom is -0.325 e. The number of nitrogens with one attached hydrogen (secondary N) is 1. The van der Waals surface area contributed by atoms with Gasteiger partial charge in [-0.15, -0.1) is 0 Å². The van der Waals surface area contributed by atoms with E-state index in [0.717, 1.165) is 68.6 Å². The molecule has 0 radical (unpaired) electrons. The Balaban J connectivity index is 1.54. The van der Waals surface area contributed by atoms with Gasteiger partial charge in [0, 0.05) is 38.2 Å². The molecular formula is C26H32N4O2. The molecule has 2 aromatic carbocycles. The second kappa shape index (κ2) is 10.6. The Morgan fingerprint density at radius 3 is 2.69 bits per heavy atom. The predicted molar refractivity (Wildman–Crippen MR) is 127 cm³/mol. The second-order valence-electron chi connectivity index (χ2n) is 8.55. The van der Waals surface area contributed by atoms with Crippen molar-refractivity contribution >= 4 is 23.0 Å². The maximum atomic E-state index is 11.3. The van der Waals surface area contributed by atoms with E-state index in [1.807, 2.05) is 12.1 Å². The third-order valence-corrected chi connectivity index (χ3v) is 6.25. The summed E-state index contributed by atoms with van der Waals surface area (Å²) in [6.07, 6.45) is 8.50. The van der Waals surface area contributed by atoms with Crippen molar-refractivity contribution in [2.24, 2.45) is 0 Å². The van der Waals surface area contributed by atoms with Crippen LogP contribution in [0.1, 0.15) is 55.6 Å². The average molecular weight is 433 g/mol. The van der Waals surface area contributed by atoms with E-state index in [2.05, 4.69) is 52.8 Å². The van der Waals surface area contributed by atoms with Crippen LogP contribution in [0.15, 0.2) is 54.6 Å². The molecule has 2 heterocycles. The van der Waals surface area contributed by atoms with Crippen molar-refractivity contribution in [3.05, 3.63) is 71.6 Å². The Hall–Kier alpha value is -2.96. The standard InChI is InChI=1S/C26H32N4O2/c1-2-3-9-25-27-23-18-20(11-13-26(31)28-32)10-12-24(23)30(25)22-14-16-29(17-15-22)19-21-7-5-4-6-8-21/h4-8,10-13,18,22,32H,2-3,9,14-17,19H2,1H3,(H,28,31)/b13-11+. The summed E-state index contributed by atoms with van der Waals surface area (Å²) in [6.45, 7) is 5.40. The highest BCUT2D eigenvalue weighted by molar-refractivity contribution is 5.91. The van der Waals surface area contributed by atoms with Crippen LogP contribution in [-0.4, -0.2) is 38.7 Å². The fraction of sp³-hybridized carbons (Fsp3) is 0.385. The van der Waals surface area contributed by atoms with Crippen LogP contribution in [0.2, 0.25) is 0 Å². The number of hydrogen-bond acceptors (Lipinski definition) is 4. The van der Waals surface area contributed by atoms with Gasteiger partial charge in [0.05, 0.1) is 11.0 Å². The van der Waals surface area contributed by atoms with Crippen molar-refractivity contribution in [2.75, 3.05) is 13.1 Å². The summed E-state index contributed by atoms with van der Waals surface area (Å²) in [4.78, 5) is 18.8. The maximum Gasteiger partial charge on any atom is 0.267 e. The first-order valence-corrected chi connectivity index (χ1v) is 11.6. The van der Waals surface area contributed by atoms with Crippen LogP contribution in [0.4, 0.5) is 0 Å².